The molecular weight excluding hydrogens is 334 g/mol. The summed E-state index contributed by atoms with van der Waals surface area (Å²) < 4.78 is 4.91. The molecule has 7 heteroatoms. The Morgan fingerprint density at radius 1 is 1.15 bits per heavy atom. The Hall–Kier alpha value is -1.63. The number of methoxy groups -OCH3 is 1. The van der Waals surface area contributed by atoms with Gasteiger partial charge in [-0.3, -0.25) is 14.4 Å². The fourth-order valence-electron chi connectivity index (χ4n) is 3.41. The van der Waals surface area contributed by atoms with Crippen LogP contribution in [0, 0.1) is 11.8 Å². The van der Waals surface area contributed by atoms with Crippen LogP contribution in [0.1, 0.15) is 47.0 Å². The summed E-state index contributed by atoms with van der Waals surface area (Å²) in [7, 11) is 1.51. The van der Waals surface area contributed by atoms with Crippen molar-refractivity contribution in [2.24, 2.45) is 11.8 Å². The van der Waals surface area contributed by atoms with Gasteiger partial charge in [0.05, 0.1) is 0 Å². The van der Waals surface area contributed by atoms with Gasteiger partial charge in [0.2, 0.25) is 17.7 Å². The van der Waals surface area contributed by atoms with Gasteiger partial charge in [0, 0.05) is 39.7 Å². The highest BCUT2D eigenvalue weighted by molar-refractivity contribution is 5.88. The molecule has 1 aliphatic rings. The van der Waals surface area contributed by atoms with Crippen LogP contribution in [0.25, 0.3) is 0 Å². The van der Waals surface area contributed by atoms with Crippen LogP contribution in [0.5, 0.6) is 0 Å². The average Bonchev–Trinajstić information content (AvgIpc) is 2.60. The Bertz CT molecular complexity index is 469. The van der Waals surface area contributed by atoms with E-state index >= 15 is 0 Å². The summed E-state index contributed by atoms with van der Waals surface area (Å²) >= 11 is 0. The zero-order valence-electron chi connectivity index (χ0n) is 16.9. The predicted molar refractivity (Wildman–Crippen MR) is 100 cm³/mol. The Morgan fingerprint density at radius 2 is 1.73 bits per heavy atom. The SMILES string of the molecule is CCN(CC)C(=O)C(NC(=O)CC(C)C)C1CCN(C(=O)COC)CC1. The zero-order chi connectivity index (χ0) is 19.7. The van der Waals surface area contributed by atoms with E-state index in [1.54, 1.807) is 9.80 Å². The number of piperidine rings is 1. The lowest BCUT2D eigenvalue weighted by molar-refractivity contribution is -0.140. The van der Waals surface area contributed by atoms with E-state index in [4.69, 9.17) is 4.74 Å². The zero-order valence-corrected chi connectivity index (χ0v) is 16.9. The van der Waals surface area contributed by atoms with Crippen molar-refractivity contribution in [1.29, 1.82) is 0 Å². The highest BCUT2D eigenvalue weighted by atomic mass is 16.5. The standard InChI is InChI=1S/C19H35N3O4/c1-6-21(7-2)19(25)18(20-16(23)12-14(3)4)15-8-10-22(11-9-15)17(24)13-26-5/h14-15,18H,6-13H2,1-5H3,(H,20,23). The maximum Gasteiger partial charge on any atom is 0.248 e. The van der Waals surface area contributed by atoms with Gasteiger partial charge in [-0.15, -0.1) is 0 Å². The highest BCUT2D eigenvalue weighted by Crippen LogP contribution is 2.23. The van der Waals surface area contributed by atoms with Crippen molar-refractivity contribution in [1.82, 2.24) is 15.1 Å². The van der Waals surface area contributed by atoms with Crippen LogP contribution in [-0.2, 0) is 19.1 Å². The van der Waals surface area contributed by atoms with Gasteiger partial charge in [0.15, 0.2) is 0 Å². The van der Waals surface area contributed by atoms with E-state index < -0.39 is 6.04 Å². The highest BCUT2D eigenvalue weighted by Gasteiger charge is 2.35. The van der Waals surface area contributed by atoms with E-state index in [1.165, 1.54) is 7.11 Å². The van der Waals surface area contributed by atoms with Crippen LogP contribution in [-0.4, -0.2) is 73.5 Å². The number of nitrogens with one attached hydrogen (secondary N) is 1. The summed E-state index contributed by atoms with van der Waals surface area (Å²) in [5.41, 5.74) is 0. The maximum absolute atomic E-state index is 13.0. The van der Waals surface area contributed by atoms with E-state index in [9.17, 15) is 14.4 Å². The third-order valence-electron chi connectivity index (χ3n) is 4.88. The molecule has 7 nitrogen and oxygen atoms in total. The monoisotopic (exact) mass is 369 g/mol. The predicted octanol–water partition coefficient (Wildman–Crippen LogP) is 1.27. The molecule has 0 aliphatic carbocycles. The van der Waals surface area contributed by atoms with Gasteiger partial charge in [0.25, 0.3) is 0 Å². The number of hydrogen-bond acceptors (Lipinski definition) is 4. The van der Waals surface area contributed by atoms with E-state index in [1.807, 2.05) is 27.7 Å². The van der Waals surface area contributed by atoms with Crippen LogP contribution < -0.4 is 5.32 Å². The number of nitrogens with zero attached hydrogens (tertiary/aromatic N) is 2. The summed E-state index contributed by atoms with van der Waals surface area (Å²) in [5.74, 6) is 0.164. The molecule has 26 heavy (non-hydrogen) atoms. The van der Waals surface area contributed by atoms with E-state index in [0.29, 0.717) is 45.4 Å². The van der Waals surface area contributed by atoms with Crippen LogP contribution in [0.3, 0.4) is 0 Å². The van der Waals surface area contributed by atoms with Gasteiger partial charge in [-0.1, -0.05) is 13.8 Å². The minimum absolute atomic E-state index is 0.0197. The van der Waals surface area contributed by atoms with Gasteiger partial charge in [-0.2, -0.15) is 0 Å². The molecule has 1 heterocycles. The number of carbonyl (C=O) groups excluding carboxylic acids is 3. The van der Waals surface area contributed by atoms with Crippen LogP contribution in [0.15, 0.2) is 0 Å². The number of hydrogen-bond donors (Lipinski definition) is 1. The maximum atomic E-state index is 13.0. The number of likely N-dealkylation sites (N-methyl/N-ethyl adjacent to an activating group) is 1. The molecule has 1 saturated heterocycles. The average molecular weight is 370 g/mol. The molecule has 0 aromatic carbocycles. The molecule has 1 aliphatic heterocycles. The Labute approximate surface area is 157 Å². The summed E-state index contributed by atoms with van der Waals surface area (Å²) in [6, 6.07) is -0.513. The minimum atomic E-state index is -0.513. The quantitative estimate of drug-likeness (QED) is 0.664. The topological polar surface area (TPSA) is 79.0 Å². The number of amides is 3. The smallest absolute Gasteiger partial charge is 0.248 e. The molecule has 0 aromatic heterocycles. The van der Waals surface area contributed by atoms with Crippen LogP contribution in [0.2, 0.25) is 0 Å². The normalized spacial score (nSPS) is 16.5. The van der Waals surface area contributed by atoms with Crippen molar-refractivity contribution in [2.75, 3.05) is 39.9 Å². The Kier molecular flexibility index (Phi) is 9.62. The first-order chi connectivity index (χ1) is 12.3. The third kappa shape index (κ3) is 6.59. The summed E-state index contributed by atoms with van der Waals surface area (Å²) in [5, 5.41) is 2.98. The summed E-state index contributed by atoms with van der Waals surface area (Å²) in [4.78, 5) is 40.8. The Morgan fingerprint density at radius 3 is 2.19 bits per heavy atom. The van der Waals surface area contributed by atoms with E-state index in [2.05, 4.69) is 5.32 Å². The first-order valence-corrected chi connectivity index (χ1v) is 9.68. The molecule has 150 valence electrons. The van der Waals surface area contributed by atoms with E-state index in [0.717, 1.165) is 0 Å². The molecule has 0 saturated carbocycles. The number of carbonyl (C=O) groups is 3. The molecule has 0 aromatic rings. The van der Waals surface area contributed by atoms with Crippen molar-refractivity contribution >= 4 is 17.7 Å². The molecular formula is C19H35N3O4. The van der Waals surface area contributed by atoms with Gasteiger partial charge in [-0.05, 0) is 38.5 Å². The summed E-state index contributed by atoms with van der Waals surface area (Å²) in [6.45, 7) is 10.4. The van der Waals surface area contributed by atoms with Crippen molar-refractivity contribution in [3.05, 3.63) is 0 Å². The van der Waals surface area contributed by atoms with Crippen molar-refractivity contribution < 1.29 is 19.1 Å². The molecule has 3 amide bonds. The number of ether oxygens (including phenoxy) is 1. The molecule has 1 fully saturated rings. The van der Waals surface area contributed by atoms with Crippen LogP contribution >= 0.6 is 0 Å². The van der Waals surface area contributed by atoms with Gasteiger partial charge in [-0.25, -0.2) is 0 Å². The fraction of sp³-hybridized carbons (Fsp3) is 0.842. The minimum Gasteiger partial charge on any atom is -0.375 e. The molecule has 1 unspecified atom stereocenters. The van der Waals surface area contributed by atoms with Crippen molar-refractivity contribution in [3.63, 3.8) is 0 Å². The second kappa shape index (κ2) is 11.2. The molecule has 0 radical (unpaired) electrons. The lowest BCUT2D eigenvalue weighted by Crippen LogP contribution is -2.55. The van der Waals surface area contributed by atoms with E-state index in [-0.39, 0.29) is 36.2 Å². The van der Waals surface area contributed by atoms with Crippen molar-refractivity contribution in [2.45, 2.75) is 53.0 Å². The first kappa shape index (κ1) is 22.4. The lowest BCUT2D eigenvalue weighted by atomic mass is 9.88. The molecule has 1 atom stereocenters. The van der Waals surface area contributed by atoms with Crippen LogP contribution in [0.4, 0.5) is 0 Å². The molecule has 1 N–H and O–H groups in total. The van der Waals surface area contributed by atoms with Gasteiger partial charge in [0.1, 0.15) is 12.6 Å². The first-order valence-electron chi connectivity index (χ1n) is 9.68. The fourth-order valence-corrected chi connectivity index (χ4v) is 3.41. The lowest BCUT2D eigenvalue weighted by Gasteiger charge is -2.37. The Balaban J connectivity index is 2.80. The number of rotatable bonds is 9. The van der Waals surface area contributed by atoms with Gasteiger partial charge >= 0.3 is 0 Å². The molecule has 0 spiro atoms. The third-order valence-corrected chi connectivity index (χ3v) is 4.88. The van der Waals surface area contributed by atoms with Gasteiger partial charge < -0.3 is 19.9 Å². The second-order valence-electron chi connectivity index (χ2n) is 7.30. The number of likely N-dealkylation sites (tertiary alicyclic amines) is 1. The largest absolute Gasteiger partial charge is 0.375 e. The molecule has 0 bridgehead atoms. The second-order valence-corrected chi connectivity index (χ2v) is 7.30. The van der Waals surface area contributed by atoms with Crippen molar-refractivity contribution in [3.8, 4) is 0 Å². The molecule has 1 rings (SSSR count). The summed E-state index contributed by atoms with van der Waals surface area (Å²) in [6.07, 6.45) is 1.82.